The number of aliphatic hydroxyl groups excluding tert-OH is 1. The van der Waals surface area contributed by atoms with Crippen LogP contribution < -0.4 is 0 Å². The van der Waals surface area contributed by atoms with Gasteiger partial charge in [-0.05, 0) is 6.08 Å². The van der Waals surface area contributed by atoms with Gasteiger partial charge in [0.05, 0.1) is 13.2 Å². The molecule has 0 aromatic carbocycles. The molecule has 0 amide bonds. The lowest BCUT2D eigenvalue weighted by atomic mass is 10.2. The van der Waals surface area contributed by atoms with Crippen molar-refractivity contribution in [2.45, 2.75) is 25.2 Å². The highest BCUT2D eigenvalue weighted by molar-refractivity contribution is 4.92. The number of hydrogen-bond acceptors (Lipinski definition) is 3. The van der Waals surface area contributed by atoms with Gasteiger partial charge in [-0.2, -0.15) is 0 Å². The minimum Gasteiger partial charge on any atom is -0.394 e. The first kappa shape index (κ1) is 8.71. The van der Waals surface area contributed by atoms with Gasteiger partial charge in [0.15, 0.2) is 5.79 Å². The maximum absolute atomic E-state index is 8.75. The van der Waals surface area contributed by atoms with E-state index in [2.05, 4.69) is 6.58 Å². The van der Waals surface area contributed by atoms with Crippen LogP contribution in [0, 0.1) is 0 Å². The molecule has 0 aliphatic carbocycles. The Balaban J connectivity index is 2.54. The molecule has 0 spiro atoms. The third kappa shape index (κ3) is 1.61. The Kier molecular flexibility index (Phi) is 2.65. The van der Waals surface area contributed by atoms with Crippen molar-refractivity contribution in [3.8, 4) is 0 Å². The number of rotatable bonds is 3. The van der Waals surface area contributed by atoms with Crippen LogP contribution >= 0.6 is 0 Å². The van der Waals surface area contributed by atoms with Crippen molar-refractivity contribution in [3.05, 3.63) is 12.7 Å². The predicted molar refractivity (Wildman–Crippen MR) is 41.1 cm³/mol. The summed E-state index contributed by atoms with van der Waals surface area (Å²) in [5, 5.41) is 8.75. The summed E-state index contributed by atoms with van der Waals surface area (Å²) in [7, 11) is 0. The third-order valence-corrected chi connectivity index (χ3v) is 1.89. The zero-order chi connectivity index (χ0) is 8.32. The fourth-order valence-electron chi connectivity index (χ4n) is 1.11. The molecule has 2 atom stereocenters. The molecule has 3 heteroatoms. The van der Waals surface area contributed by atoms with Crippen LogP contribution in [-0.2, 0) is 9.47 Å². The van der Waals surface area contributed by atoms with Gasteiger partial charge in [-0.3, -0.25) is 0 Å². The molecule has 0 bridgehead atoms. The summed E-state index contributed by atoms with van der Waals surface area (Å²) in [6, 6.07) is 0. The molecule has 3 nitrogen and oxygen atoms in total. The van der Waals surface area contributed by atoms with Crippen LogP contribution in [0.25, 0.3) is 0 Å². The number of aliphatic hydroxyl groups is 1. The Bertz CT molecular complexity index is 146. The second-order valence-corrected chi connectivity index (χ2v) is 2.60. The molecule has 0 radical (unpaired) electrons. The van der Waals surface area contributed by atoms with E-state index in [1.54, 1.807) is 6.08 Å². The van der Waals surface area contributed by atoms with Crippen LogP contribution in [0.1, 0.15) is 13.3 Å². The SMILES string of the molecule is C=C[C@]1(CC)OC[C@H](CO)O1. The molecule has 1 saturated heterocycles. The van der Waals surface area contributed by atoms with Gasteiger partial charge >= 0.3 is 0 Å². The Morgan fingerprint density at radius 1 is 1.82 bits per heavy atom. The molecular weight excluding hydrogens is 144 g/mol. The van der Waals surface area contributed by atoms with Gasteiger partial charge in [0, 0.05) is 6.42 Å². The second-order valence-electron chi connectivity index (χ2n) is 2.60. The molecule has 1 rings (SSSR count). The largest absolute Gasteiger partial charge is 0.394 e. The molecule has 1 aliphatic heterocycles. The highest BCUT2D eigenvalue weighted by atomic mass is 16.7. The summed E-state index contributed by atoms with van der Waals surface area (Å²) in [5.74, 6) is -0.645. The van der Waals surface area contributed by atoms with E-state index in [0.717, 1.165) is 6.42 Å². The monoisotopic (exact) mass is 158 g/mol. The summed E-state index contributed by atoms with van der Waals surface area (Å²) in [6.07, 6.45) is 2.18. The maximum Gasteiger partial charge on any atom is 0.187 e. The molecule has 1 N–H and O–H groups in total. The fraction of sp³-hybridized carbons (Fsp3) is 0.750. The molecule has 1 aliphatic rings. The Labute approximate surface area is 66.6 Å². The highest BCUT2D eigenvalue weighted by Crippen LogP contribution is 2.27. The molecule has 1 heterocycles. The van der Waals surface area contributed by atoms with E-state index < -0.39 is 5.79 Å². The van der Waals surface area contributed by atoms with Crippen molar-refractivity contribution in [1.29, 1.82) is 0 Å². The Morgan fingerprint density at radius 3 is 2.82 bits per heavy atom. The summed E-state index contributed by atoms with van der Waals surface area (Å²) < 4.78 is 10.7. The van der Waals surface area contributed by atoms with Crippen LogP contribution in [0.3, 0.4) is 0 Å². The first-order valence-electron chi connectivity index (χ1n) is 3.82. The molecule has 0 unspecified atom stereocenters. The quantitative estimate of drug-likeness (QED) is 0.614. The van der Waals surface area contributed by atoms with Crippen molar-refractivity contribution >= 4 is 0 Å². The highest BCUT2D eigenvalue weighted by Gasteiger charge is 2.36. The van der Waals surface area contributed by atoms with Crippen molar-refractivity contribution in [3.63, 3.8) is 0 Å². The normalized spacial score (nSPS) is 37.5. The van der Waals surface area contributed by atoms with Crippen molar-refractivity contribution in [2.24, 2.45) is 0 Å². The van der Waals surface area contributed by atoms with E-state index in [1.165, 1.54) is 0 Å². The van der Waals surface area contributed by atoms with E-state index in [9.17, 15) is 0 Å². The van der Waals surface area contributed by atoms with Crippen LogP contribution in [0.5, 0.6) is 0 Å². The predicted octanol–water partition coefficient (Wildman–Crippen LogP) is 0.686. The van der Waals surface area contributed by atoms with Gasteiger partial charge in [-0.1, -0.05) is 13.5 Å². The summed E-state index contributed by atoms with van der Waals surface area (Å²) in [4.78, 5) is 0. The van der Waals surface area contributed by atoms with Crippen LogP contribution in [0.2, 0.25) is 0 Å². The topological polar surface area (TPSA) is 38.7 Å². The smallest absolute Gasteiger partial charge is 0.187 e. The minimum atomic E-state index is -0.645. The lowest BCUT2D eigenvalue weighted by Gasteiger charge is -2.21. The first-order valence-corrected chi connectivity index (χ1v) is 3.82. The standard InChI is InChI=1S/C8H14O3/c1-3-8(4-2)10-6-7(5-9)11-8/h3,7,9H,1,4-6H2,2H3/t7-,8-/m0/s1. The van der Waals surface area contributed by atoms with E-state index in [-0.39, 0.29) is 12.7 Å². The Morgan fingerprint density at radius 2 is 2.55 bits per heavy atom. The minimum absolute atomic E-state index is 0.00951. The van der Waals surface area contributed by atoms with Crippen LogP contribution in [-0.4, -0.2) is 30.2 Å². The molecule has 0 aromatic rings. The van der Waals surface area contributed by atoms with Gasteiger partial charge in [0.25, 0.3) is 0 Å². The average Bonchev–Trinajstić information content (AvgIpc) is 2.49. The second kappa shape index (κ2) is 3.34. The lowest BCUT2D eigenvalue weighted by Crippen LogP contribution is -2.27. The van der Waals surface area contributed by atoms with E-state index in [1.807, 2.05) is 6.92 Å². The van der Waals surface area contributed by atoms with E-state index >= 15 is 0 Å². The van der Waals surface area contributed by atoms with Gasteiger partial charge in [-0.15, -0.1) is 0 Å². The summed E-state index contributed by atoms with van der Waals surface area (Å²) >= 11 is 0. The van der Waals surface area contributed by atoms with Gasteiger partial charge in [-0.25, -0.2) is 0 Å². The summed E-state index contributed by atoms with van der Waals surface area (Å²) in [6.45, 7) is 6.05. The molecule has 0 saturated carbocycles. The van der Waals surface area contributed by atoms with Gasteiger partial charge in [0.1, 0.15) is 6.10 Å². The van der Waals surface area contributed by atoms with Crippen LogP contribution in [0.15, 0.2) is 12.7 Å². The van der Waals surface area contributed by atoms with Gasteiger partial charge in [0.2, 0.25) is 0 Å². The zero-order valence-electron chi connectivity index (χ0n) is 6.75. The molecule has 64 valence electrons. The lowest BCUT2D eigenvalue weighted by molar-refractivity contribution is -0.134. The molecule has 1 fully saturated rings. The molecule has 0 aromatic heterocycles. The first-order chi connectivity index (χ1) is 5.26. The zero-order valence-corrected chi connectivity index (χ0v) is 6.75. The number of hydrogen-bond donors (Lipinski definition) is 1. The van der Waals surface area contributed by atoms with E-state index in [4.69, 9.17) is 14.6 Å². The van der Waals surface area contributed by atoms with E-state index in [0.29, 0.717) is 6.61 Å². The molecular formula is C8H14O3. The summed E-state index contributed by atoms with van der Waals surface area (Å²) in [5.41, 5.74) is 0. The Hall–Kier alpha value is -0.380. The number of ether oxygens (including phenoxy) is 2. The molecule has 11 heavy (non-hydrogen) atoms. The maximum atomic E-state index is 8.75. The van der Waals surface area contributed by atoms with Crippen LogP contribution in [0.4, 0.5) is 0 Å². The third-order valence-electron chi connectivity index (χ3n) is 1.89. The average molecular weight is 158 g/mol. The van der Waals surface area contributed by atoms with Crippen molar-refractivity contribution in [2.75, 3.05) is 13.2 Å². The van der Waals surface area contributed by atoms with Crippen molar-refractivity contribution in [1.82, 2.24) is 0 Å². The van der Waals surface area contributed by atoms with Crippen molar-refractivity contribution < 1.29 is 14.6 Å². The fourth-order valence-corrected chi connectivity index (χ4v) is 1.11. The van der Waals surface area contributed by atoms with Gasteiger partial charge < -0.3 is 14.6 Å².